The molecule has 1 N–H and O–H groups in total. The number of halogens is 1. The van der Waals surface area contributed by atoms with Gasteiger partial charge in [0, 0.05) is 25.5 Å². The Morgan fingerprint density at radius 3 is 2.71 bits per heavy atom. The van der Waals surface area contributed by atoms with Crippen molar-refractivity contribution in [2.24, 2.45) is 7.05 Å². The van der Waals surface area contributed by atoms with Gasteiger partial charge in [-0.3, -0.25) is 4.79 Å². The second kappa shape index (κ2) is 7.31. The first-order chi connectivity index (χ1) is 11.6. The van der Waals surface area contributed by atoms with Crippen LogP contribution in [-0.4, -0.2) is 15.5 Å². The summed E-state index contributed by atoms with van der Waals surface area (Å²) >= 11 is 3.23. The molecule has 2 heterocycles. The first-order valence-electron chi connectivity index (χ1n) is 7.39. The topological polar surface area (TPSA) is 60.1 Å². The number of imidazole rings is 1. The predicted molar refractivity (Wildman–Crippen MR) is 95.1 cm³/mol. The Labute approximate surface area is 148 Å². The van der Waals surface area contributed by atoms with Crippen molar-refractivity contribution in [3.05, 3.63) is 82.8 Å². The monoisotopic (exact) mass is 385 g/mol. The van der Waals surface area contributed by atoms with Crippen molar-refractivity contribution in [2.75, 3.05) is 0 Å². The van der Waals surface area contributed by atoms with Crippen molar-refractivity contribution in [1.29, 1.82) is 0 Å². The van der Waals surface area contributed by atoms with Gasteiger partial charge in [0.1, 0.15) is 17.6 Å². The average Bonchev–Trinajstić information content (AvgIpc) is 3.20. The summed E-state index contributed by atoms with van der Waals surface area (Å²) in [6, 6.07) is 13.0. The molecule has 1 amide bonds. The Kier molecular flexibility index (Phi) is 4.96. The van der Waals surface area contributed by atoms with E-state index in [2.05, 4.69) is 26.2 Å². The summed E-state index contributed by atoms with van der Waals surface area (Å²) in [6.45, 7) is 0. The highest BCUT2D eigenvalue weighted by atomic mass is 79.9. The summed E-state index contributed by atoms with van der Waals surface area (Å²) < 4.78 is 7.87. The van der Waals surface area contributed by atoms with Crippen LogP contribution in [0.5, 0.6) is 0 Å². The van der Waals surface area contributed by atoms with E-state index in [0.29, 0.717) is 10.4 Å². The smallest absolute Gasteiger partial charge is 0.244 e. The predicted octanol–water partition coefficient (Wildman–Crippen LogP) is 3.69. The van der Waals surface area contributed by atoms with Crippen molar-refractivity contribution in [3.63, 3.8) is 0 Å². The molecule has 1 unspecified atom stereocenters. The van der Waals surface area contributed by atoms with Crippen LogP contribution in [0.25, 0.3) is 6.08 Å². The largest absolute Gasteiger partial charge is 0.450 e. The maximum absolute atomic E-state index is 12.3. The Bertz CT molecular complexity index is 852. The third-order valence-corrected chi connectivity index (χ3v) is 3.96. The summed E-state index contributed by atoms with van der Waals surface area (Å²) in [4.78, 5) is 16.7. The van der Waals surface area contributed by atoms with E-state index < -0.39 is 0 Å². The Hall–Kier alpha value is -2.60. The van der Waals surface area contributed by atoms with Crippen molar-refractivity contribution in [3.8, 4) is 0 Å². The molecule has 0 aliphatic heterocycles. The molecule has 0 spiro atoms. The molecule has 0 saturated carbocycles. The molecule has 1 atom stereocenters. The highest BCUT2D eigenvalue weighted by Crippen LogP contribution is 2.20. The van der Waals surface area contributed by atoms with Crippen molar-refractivity contribution in [1.82, 2.24) is 14.9 Å². The quantitative estimate of drug-likeness (QED) is 0.681. The molecule has 0 radical (unpaired) electrons. The van der Waals surface area contributed by atoms with E-state index in [1.807, 2.05) is 48.1 Å². The van der Waals surface area contributed by atoms with Gasteiger partial charge in [-0.2, -0.15) is 0 Å². The third-order valence-electron chi connectivity index (χ3n) is 3.53. The zero-order valence-corrected chi connectivity index (χ0v) is 14.6. The van der Waals surface area contributed by atoms with Gasteiger partial charge >= 0.3 is 0 Å². The van der Waals surface area contributed by atoms with Gasteiger partial charge in [0.25, 0.3) is 0 Å². The number of amides is 1. The maximum atomic E-state index is 12.3. The lowest BCUT2D eigenvalue weighted by molar-refractivity contribution is -0.117. The molecule has 2 aromatic heterocycles. The first kappa shape index (κ1) is 16.3. The number of hydrogen-bond donors (Lipinski definition) is 1. The van der Waals surface area contributed by atoms with Gasteiger partial charge in [0.15, 0.2) is 4.67 Å². The molecule has 1 aromatic carbocycles. The number of carbonyl (C=O) groups excluding carboxylic acids is 1. The minimum atomic E-state index is -0.327. The number of nitrogens with zero attached hydrogens (tertiary/aromatic N) is 2. The molecule has 0 aliphatic rings. The molecular formula is C18H16BrN3O2. The summed E-state index contributed by atoms with van der Waals surface area (Å²) in [5, 5.41) is 2.99. The highest BCUT2D eigenvalue weighted by molar-refractivity contribution is 9.10. The minimum absolute atomic E-state index is 0.223. The van der Waals surface area contributed by atoms with Gasteiger partial charge in [0.05, 0.1) is 0 Å². The Morgan fingerprint density at radius 2 is 2.08 bits per heavy atom. The van der Waals surface area contributed by atoms with Crippen LogP contribution in [0.2, 0.25) is 0 Å². The zero-order chi connectivity index (χ0) is 16.9. The van der Waals surface area contributed by atoms with Crippen LogP contribution < -0.4 is 5.32 Å². The molecule has 0 saturated heterocycles. The van der Waals surface area contributed by atoms with Crippen molar-refractivity contribution >= 4 is 27.9 Å². The lowest BCUT2D eigenvalue weighted by Gasteiger charge is -2.18. The standard InChI is InChI=1S/C18H16BrN3O2/c1-22-12-11-20-18(22)17(13-5-3-2-4-6-13)21-16(23)10-8-14-7-9-15(19)24-14/h2-12,17H,1H3,(H,21,23)/b10-8+. The highest BCUT2D eigenvalue weighted by Gasteiger charge is 2.19. The van der Waals surface area contributed by atoms with Crippen LogP contribution in [0, 0.1) is 0 Å². The second-order valence-corrected chi connectivity index (χ2v) is 6.01. The van der Waals surface area contributed by atoms with Crippen LogP contribution in [0.3, 0.4) is 0 Å². The summed E-state index contributed by atoms with van der Waals surface area (Å²) in [5.74, 6) is 1.15. The number of carbonyl (C=O) groups is 1. The zero-order valence-electron chi connectivity index (χ0n) is 13.0. The summed E-state index contributed by atoms with van der Waals surface area (Å²) in [6.07, 6.45) is 6.64. The van der Waals surface area contributed by atoms with E-state index in [1.165, 1.54) is 6.08 Å². The lowest BCUT2D eigenvalue weighted by atomic mass is 10.1. The molecule has 6 heteroatoms. The Morgan fingerprint density at radius 1 is 1.29 bits per heavy atom. The fraction of sp³-hybridized carbons (Fsp3) is 0.111. The van der Waals surface area contributed by atoms with E-state index in [4.69, 9.17) is 4.42 Å². The van der Waals surface area contributed by atoms with Gasteiger partial charge in [-0.25, -0.2) is 4.98 Å². The van der Waals surface area contributed by atoms with Crippen LogP contribution >= 0.6 is 15.9 Å². The molecule has 0 aliphatic carbocycles. The number of benzene rings is 1. The SMILES string of the molecule is Cn1ccnc1C(NC(=O)/C=C/c1ccc(Br)o1)c1ccccc1. The number of nitrogens with one attached hydrogen (secondary N) is 1. The number of aromatic nitrogens is 2. The van der Waals surface area contributed by atoms with Gasteiger partial charge in [-0.15, -0.1) is 0 Å². The molecule has 24 heavy (non-hydrogen) atoms. The van der Waals surface area contributed by atoms with E-state index in [1.54, 1.807) is 24.4 Å². The van der Waals surface area contributed by atoms with E-state index >= 15 is 0 Å². The van der Waals surface area contributed by atoms with Crippen LogP contribution in [-0.2, 0) is 11.8 Å². The van der Waals surface area contributed by atoms with Gasteiger partial charge in [-0.05, 0) is 39.7 Å². The van der Waals surface area contributed by atoms with E-state index in [-0.39, 0.29) is 11.9 Å². The van der Waals surface area contributed by atoms with E-state index in [9.17, 15) is 4.79 Å². The fourth-order valence-electron chi connectivity index (χ4n) is 2.36. The average molecular weight is 386 g/mol. The fourth-order valence-corrected chi connectivity index (χ4v) is 2.68. The van der Waals surface area contributed by atoms with Crippen molar-refractivity contribution < 1.29 is 9.21 Å². The Balaban J connectivity index is 1.80. The number of rotatable bonds is 5. The number of aryl methyl sites for hydroxylation is 1. The maximum Gasteiger partial charge on any atom is 0.244 e. The summed E-state index contributed by atoms with van der Waals surface area (Å²) in [5.41, 5.74) is 0.967. The molecule has 0 fully saturated rings. The third kappa shape index (κ3) is 3.83. The van der Waals surface area contributed by atoms with Gasteiger partial charge in [0.2, 0.25) is 5.91 Å². The normalized spacial score (nSPS) is 12.4. The van der Waals surface area contributed by atoms with Crippen LogP contribution in [0.1, 0.15) is 23.2 Å². The van der Waals surface area contributed by atoms with Crippen LogP contribution in [0.15, 0.2) is 70.0 Å². The molecule has 3 rings (SSSR count). The summed E-state index contributed by atoms with van der Waals surface area (Å²) in [7, 11) is 1.90. The van der Waals surface area contributed by atoms with Crippen LogP contribution in [0.4, 0.5) is 0 Å². The molecule has 0 bridgehead atoms. The lowest BCUT2D eigenvalue weighted by Crippen LogP contribution is -2.29. The molecule has 122 valence electrons. The molecular weight excluding hydrogens is 370 g/mol. The number of hydrogen-bond acceptors (Lipinski definition) is 3. The minimum Gasteiger partial charge on any atom is -0.450 e. The van der Waals surface area contributed by atoms with Gasteiger partial charge in [-0.1, -0.05) is 30.3 Å². The second-order valence-electron chi connectivity index (χ2n) is 5.22. The van der Waals surface area contributed by atoms with E-state index in [0.717, 1.165) is 11.4 Å². The number of furan rings is 1. The molecule has 3 aromatic rings. The van der Waals surface area contributed by atoms with Gasteiger partial charge < -0.3 is 14.3 Å². The van der Waals surface area contributed by atoms with Crippen molar-refractivity contribution in [2.45, 2.75) is 6.04 Å². The molecule has 5 nitrogen and oxygen atoms in total. The first-order valence-corrected chi connectivity index (χ1v) is 8.19.